The first-order chi connectivity index (χ1) is 20.8. The molecule has 0 atom stereocenters. The summed E-state index contributed by atoms with van der Waals surface area (Å²) >= 11 is 1.36. The molecule has 0 spiro atoms. The molecule has 1 saturated heterocycles. The van der Waals surface area contributed by atoms with Crippen LogP contribution in [0, 0.1) is 17.2 Å². The van der Waals surface area contributed by atoms with Gasteiger partial charge in [-0.05, 0) is 65.0 Å². The number of anilines is 1. The number of hydrogen-bond acceptors (Lipinski definition) is 8. The van der Waals surface area contributed by atoms with Crippen molar-refractivity contribution in [2.45, 2.75) is 52.3 Å². The largest absolute Gasteiger partial charge is 0.444 e. The van der Waals surface area contributed by atoms with Crippen molar-refractivity contribution in [3.05, 3.63) is 65.3 Å². The maximum absolute atomic E-state index is 13.2. The number of likely N-dealkylation sites (tertiary alicyclic amines) is 1. The molecular weight excluding hydrogens is 580 g/mol. The number of carbonyl (C=O) groups is 3. The van der Waals surface area contributed by atoms with Gasteiger partial charge in [-0.15, -0.1) is 11.3 Å². The molecule has 3 aromatic heterocycles. The van der Waals surface area contributed by atoms with Crippen LogP contribution in [0.2, 0.25) is 0 Å². The Bertz CT molecular complexity index is 1770. The quantitative estimate of drug-likeness (QED) is 0.187. The molecular formula is C31H34N8O4S. The average molecular weight is 615 g/mol. The maximum Gasteiger partial charge on any atom is 0.408 e. The lowest BCUT2D eigenvalue weighted by atomic mass is 9.96. The fourth-order valence-electron chi connectivity index (χ4n) is 4.90. The van der Waals surface area contributed by atoms with E-state index in [1.54, 1.807) is 58.0 Å². The standard InChI is InChI=1S/C31H34N8O4S/c1-30(2,3)43-29(42)37-31(4,5)12-20(13-32)27(41)38-16-19(17-38)18-39-23-9-7-6-8-22(23)35-28(39)36-26(40)25-11-10-24(44-25)21-14-33-34-15-21/h6-12,14-15,19H,16-18H2,1-5H3,(H,33,34)(H,37,42)(H,35,36,40). The number of fused-ring (bicyclic) bond motifs is 1. The van der Waals surface area contributed by atoms with Gasteiger partial charge in [0.05, 0.1) is 27.6 Å². The Morgan fingerprint density at radius 2 is 1.91 bits per heavy atom. The summed E-state index contributed by atoms with van der Waals surface area (Å²) in [7, 11) is 0. The molecule has 3 amide bonds. The van der Waals surface area contributed by atoms with E-state index in [1.807, 2.05) is 41.0 Å². The van der Waals surface area contributed by atoms with E-state index in [4.69, 9.17) is 4.74 Å². The zero-order valence-electron chi connectivity index (χ0n) is 25.2. The number of nitriles is 1. The first kappa shape index (κ1) is 30.5. The van der Waals surface area contributed by atoms with Crippen molar-refractivity contribution in [3.63, 3.8) is 0 Å². The number of nitrogens with zero attached hydrogens (tertiary/aromatic N) is 5. The number of rotatable bonds is 8. The predicted octanol–water partition coefficient (Wildman–Crippen LogP) is 4.95. The van der Waals surface area contributed by atoms with Gasteiger partial charge in [0.15, 0.2) is 0 Å². The third-order valence-corrected chi connectivity index (χ3v) is 7.99. The fourth-order valence-corrected chi connectivity index (χ4v) is 5.79. The van der Waals surface area contributed by atoms with Gasteiger partial charge in [0.2, 0.25) is 5.95 Å². The van der Waals surface area contributed by atoms with Crippen LogP contribution in [0.25, 0.3) is 21.5 Å². The Morgan fingerprint density at radius 3 is 2.59 bits per heavy atom. The van der Waals surface area contributed by atoms with Crippen LogP contribution in [-0.2, 0) is 16.1 Å². The topological polar surface area (TPSA) is 158 Å². The number of hydrogen-bond donors (Lipinski definition) is 3. The molecule has 4 aromatic rings. The minimum Gasteiger partial charge on any atom is -0.444 e. The number of thiophene rings is 1. The number of aromatic nitrogens is 4. The molecule has 5 rings (SSSR count). The fraction of sp³-hybridized carbons (Fsp3) is 0.355. The minimum atomic E-state index is -0.988. The van der Waals surface area contributed by atoms with Crippen LogP contribution in [-0.4, -0.2) is 66.8 Å². The minimum absolute atomic E-state index is 0.0590. The van der Waals surface area contributed by atoms with Gasteiger partial charge < -0.3 is 19.5 Å². The van der Waals surface area contributed by atoms with E-state index < -0.39 is 23.1 Å². The first-order valence-electron chi connectivity index (χ1n) is 14.1. The smallest absolute Gasteiger partial charge is 0.408 e. The highest BCUT2D eigenvalue weighted by atomic mass is 32.1. The summed E-state index contributed by atoms with van der Waals surface area (Å²) in [6.45, 7) is 10.0. The van der Waals surface area contributed by atoms with Crippen molar-refractivity contribution in [2.75, 3.05) is 18.4 Å². The van der Waals surface area contributed by atoms with Gasteiger partial charge in [0.1, 0.15) is 17.2 Å². The highest BCUT2D eigenvalue weighted by Crippen LogP contribution is 2.30. The highest BCUT2D eigenvalue weighted by molar-refractivity contribution is 7.17. The van der Waals surface area contributed by atoms with Crippen LogP contribution >= 0.6 is 11.3 Å². The Hall–Kier alpha value is -4.96. The molecule has 0 radical (unpaired) electrons. The van der Waals surface area contributed by atoms with Gasteiger partial charge in [-0.25, -0.2) is 9.78 Å². The molecule has 1 aromatic carbocycles. The summed E-state index contributed by atoms with van der Waals surface area (Å²) in [5.74, 6) is -0.169. The lowest BCUT2D eigenvalue weighted by Gasteiger charge is -2.39. The zero-order valence-corrected chi connectivity index (χ0v) is 26.0. The van der Waals surface area contributed by atoms with Crippen LogP contribution in [0.1, 0.15) is 44.3 Å². The van der Waals surface area contributed by atoms with Gasteiger partial charge >= 0.3 is 6.09 Å². The van der Waals surface area contributed by atoms with Crippen LogP contribution in [0.3, 0.4) is 0 Å². The van der Waals surface area contributed by atoms with Crippen LogP contribution in [0.15, 0.2) is 60.4 Å². The summed E-state index contributed by atoms with van der Waals surface area (Å²) in [5.41, 5.74) is 0.791. The molecule has 12 nitrogen and oxygen atoms in total. The number of alkyl carbamates (subject to hydrolysis) is 1. The molecule has 44 heavy (non-hydrogen) atoms. The SMILES string of the molecule is CC(C)(C=C(C#N)C(=O)N1CC(Cn2c(NC(=O)c3ccc(-c4cn[nH]c4)s3)nc3ccccc32)C1)NC(=O)OC(C)(C)C. The highest BCUT2D eigenvalue weighted by Gasteiger charge is 2.34. The number of aromatic amines is 1. The number of ether oxygens (including phenoxy) is 1. The number of amides is 3. The van der Waals surface area contributed by atoms with Gasteiger partial charge in [0.25, 0.3) is 11.8 Å². The molecule has 1 aliphatic heterocycles. The molecule has 1 aliphatic rings. The van der Waals surface area contributed by atoms with Crippen LogP contribution in [0.4, 0.5) is 10.7 Å². The summed E-state index contributed by atoms with van der Waals surface area (Å²) in [4.78, 5) is 46.4. The second-order valence-corrected chi connectivity index (χ2v) is 13.3. The van der Waals surface area contributed by atoms with E-state index >= 15 is 0 Å². The van der Waals surface area contributed by atoms with Gasteiger partial charge in [-0.1, -0.05) is 12.1 Å². The summed E-state index contributed by atoms with van der Waals surface area (Å²) < 4.78 is 7.26. The number of carbonyl (C=O) groups excluding carboxylic acids is 3. The third-order valence-electron chi connectivity index (χ3n) is 6.86. The number of nitrogens with one attached hydrogen (secondary N) is 3. The number of imidazole rings is 1. The Kier molecular flexibility index (Phi) is 8.29. The van der Waals surface area contributed by atoms with Crippen LogP contribution in [0.5, 0.6) is 0 Å². The third kappa shape index (κ3) is 6.98. The van der Waals surface area contributed by atoms with E-state index in [9.17, 15) is 19.6 Å². The van der Waals surface area contributed by atoms with Crippen LogP contribution < -0.4 is 10.6 Å². The second kappa shape index (κ2) is 12.0. The number of H-pyrrole nitrogens is 1. The molecule has 0 saturated carbocycles. The normalized spacial score (nSPS) is 14.2. The second-order valence-electron chi connectivity index (χ2n) is 12.2. The molecule has 0 aliphatic carbocycles. The van der Waals surface area contributed by atoms with E-state index in [1.165, 1.54) is 17.4 Å². The lowest BCUT2D eigenvalue weighted by molar-refractivity contribution is -0.133. The average Bonchev–Trinajstić information content (AvgIpc) is 3.67. The van der Waals surface area contributed by atoms with E-state index in [0.29, 0.717) is 30.5 Å². The predicted molar refractivity (Wildman–Crippen MR) is 167 cm³/mol. The van der Waals surface area contributed by atoms with Gasteiger partial charge in [-0.2, -0.15) is 10.4 Å². The summed E-state index contributed by atoms with van der Waals surface area (Å²) in [6.07, 6.45) is 4.29. The molecule has 13 heteroatoms. The van der Waals surface area contributed by atoms with Crippen molar-refractivity contribution >= 4 is 46.2 Å². The molecule has 228 valence electrons. The lowest BCUT2D eigenvalue weighted by Crippen LogP contribution is -2.52. The summed E-state index contributed by atoms with van der Waals surface area (Å²) in [5, 5.41) is 22.2. The Morgan fingerprint density at radius 1 is 1.16 bits per heavy atom. The summed E-state index contributed by atoms with van der Waals surface area (Å²) in [6, 6.07) is 13.3. The zero-order chi connectivity index (χ0) is 31.6. The van der Waals surface area contributed by atoms with Gasteiger partial charge in [0, 0.05) is 42.2 Å². The molecule has 3 N–H and O–H groups in total. The van der Waals surface area contributed by atoms with Gasteiger partial charge in [-0.3, -0.25) is 20.0 Å². The van der Waals surface area contributed by atoms with Crippen molar-refractivity contribution in [3.8, 4) is 16.5 Å². The molecule has 0 unspecified atom stereocenters. The molecule has 4 heterocycles. The monoisotopic (exact) mass is 614 g/mol. The van der Waals surface area contributed by atoms with Crippen molar-refractivity contribution < 1.29 is 19.1 Å². The van der Waals surface area contributed by atoms with E-state index in [-0.39, 0.29) is 17.4 Å². The number of para-hydroxylation sites is 2. The van der Waals surface area contributed by atoms with Crippen molar-refractivity contribution in [1.82, 2.24) is 30.0 Å². The van der Waals surface area contributed by atoms with Crippen molar-refractivity contribution in [2.24, 2.45) is 5.92 Å². The van der Waals surface area contributed by atoms with Crippen molar-refractivity contribution in [1.29, 1.82) is 5.26 Å². The Balaban J connectivity index is 1.25. The maximum atomic E-state index is 13.2. The first-order valence-corrected chi connectivity index (χ1v) is 14.9. The molecule has 0 bridgehead atoms. The number of benzene rings is 1. The van der Waals surface area contributed by atoms with E-state index in [0.717, 1.165) is 21.5 Å². The Labute approximate surface area is 258 Å². The molecule has 1 fully saturated rings. The van der Waals surface area contributed by atoms with E-state index in [2.05, 4.69) is 25.8 Å².